The predicted molar refractivity (Wildman–Crippen MR) is 30.8 cm³/mol. The van der Waals surface area contributed by atoms with Gasteiger partial charge in [0.2, 0.25) is 0 Å². The number of ether oxygens (including phenoxy) is 1. The van der Waals surface area contributed by atoms with Gasteiger partial charge in [-0.15, -0.1) is 0 Å². The second-order valence-corrected chi connectivity index (χ2v) is 1.45. The van der Waals surface area contributed by atoms with Gasteiger partial charge in [-0.05, 0) is 12.8 Å². The van der Waals surface area contributed by atoms with Gasteiger partial charge in [-0.2, -0.15) is 0 Å². The van der Waals surface area contributed by atoms with Gasteiger partial charge in [0.25, 0.3) is 0 Å². The first kappa shape index (κ1) is 6.96. The van der Waals surface area contributed by atoms with E-state index in [-0.39, 0.29) is 0 Å². The summed E-state index contributed by atoms with van der Waals surface area (Å²) in [6.45, 7) is 6.87. The smallest absolute Gasteiger partial charge is 0.0833 e. The van der Waals surface area contributed by atoms with Crippen molar-refractivity contribution >= 4 is 0 Å². The van der Waals surface area contributed by atoms with Gasteiger partial charge in [0.1, 0.15) is 0 Å². The largest absolute Gasteiger partial charge is 0.376 e. The molecule has 0 bridgehead atoms. The second kappa shape index (κ2) is 5.96. The lowest BCUT2D eigenvalue weighted by Gasteiger charge is -1.94. The molecule has 0 rings (SSSR count). The third kappa shape index (κ3) is 5.96. The molecule has 1 radical (unpaired) electrons. The van der Waals surface area contributed by atoms with Crippen LogP contribution < -0.4 is 0 Å². The molecule has 0 saturated heterocycles. The predicted octanol–water partition coefficient (Wildman–Crippen LogP) is 1.98. The summed E-state index contributed by atoms with van der Waals surface area (Å²) in [5, 5.41) is 0. The Balaban J connectivity index is 2.45. The van der Waals surface area contributed by atoms with Gasteiger partial charge in [0, 0.05) is 6.61 Å². The van der Waals surface area contributed by atoms with Crippen molar-refractivity contribution in [2.45, 2.75) is 26.7 Å². The molecule has 7 heavy (non-hydrogen) atoms. The molecule has 0 amide bonds. The van der Waals surface area contributed by atoms with E-state index in [1.807, 2.05) is 6.61 Å². The van der Waals surface area contributed by atoms with Crippen molar-refractivity contribution in [3.8, 4) is 0 Å². The minimum Gasteiger partial charge on any atom is -0.376 e. The van der Waals surface area contributed by atoms with Crippen LogP contribution in [0.2, 0.25) is 0 Å². The highest BCUT2D eigenvalue weighted by Gasteiger charge is 1.78. The minimum atomic E-state index is 0.869. The topological polar surface area (TPSA) is 9.23 Å². The van der Waals surface area contributed by atoms with Crippen LogP contribution in [0.3, 0.4) is 0 Å². The molecule has 0 aromatic rings. The van der Waals surface area contributed by atoms with E-state index in [1.165, 1.54) is 0 Å². The first-order valence-electron chi connectivity index (χ1n) is 2.85. The Kier molecular flexibility index (Phi) is 5.93. The molecule has 0 aliphatic rings. The van der Waals surface area contributed by atoms with Crippen LogP contribution in [0.25, 0.3) is 0 Å². The quantitative estimate of drug-likeness (QED) is 0.492. The molecule has 0 aliphatic carbocycles. The van der Waals surface area contributed by atoms with E-state index in [0.717, 1.165) is 19.4 Å². The highest BCUT2D eigenvalue weighted by atomic mass is 16.5. The van der Waals surface area contributed by atoms with E-state index in [2.05, 4.69) is 13.8 Å². The highest BCUT2D eigenvalue weighted by Crippen LogP contribution is 1.87. The van der Waals surface area contributed by atoms with Gasteiger partial charge in [-0.1, -0.05) is 13.8 Å². The van der Waals surface area contributed by atoms with Crippen LogP contribution in [-0.2, 0) is 4.74 Å². The molecule has 0 saturated carbocycles. The fourth-order valence-corrected chi connectivity index (χ4v) is 0.319. The standard InChI is InChI=1S/C6H13O/c1-3-5-7-6-4-2/h5H,3-4,6H2,1-2H3. The molecule has 0 aromatic carbocycles. The van der Waals surface area contributed by atoms with Crippen molar-refractivity contribution in [3.63, 3.8) is 0 Å². The molecular weight excluding hydrogens is 88.1 g/mol. The third-order valence-electron chi connectivity index (χ3n) is 0.606. The normalized spacial score (nSPS) is 9.43. The number of rotatable bonds is 4. The first-order valence-corrected chi connectivity index (χ1v) is 2.85. The molecule has 0 spiro atoms. The molecular formula is C6H13O. The van der Waals surface area contributed by atoms with Crippen molar-refractivity contribution in [2.75, 3.05) is 6.61 Å². The molecule has 0 atom stereocenters. The Morgan fingerprint density at radius 3 is 2.57 bits per heavy atom. The summed E-state index contributed by atoms with van der Waals surface area (Å²) in [7, 11) is 0. The monoisotopic (exact) mass is 101 g/mol. The van der Waals surface area contributed by atoms with Gasteiger partial charge in [0.05, 0.1) is 6.61 Å². The summed E-state index contributed by atoms with van der Waals surface area (Å²) in [6, 6.07) is 0. The molecule has 43 valence electrons. The van der Waals surface area contributed by atoms with Crippen molar-refractivity contribution in [2.24, 2.45) is 0 Å². The van der Waals surface area contributed by atoms with Crippen LogP contribution >= 0.6 is 0 Å². The Labute approximate surface area is 45.7 Å². The molecule has 0 heterocycles. The zero-order chi connectivity index (χ0) is 5.54. The second-order valence-electron chi connectivity index (χ2n) is 1.45. The molecule has 0 aliphatic heterocycles. The highest BCUT2D eigenvalue weighted by molar-refractivity contribution is 4.41. The van der Waals surface area contributed by atoms with E-state index >= 15 is 0 Å². The summed E-state index contributed by atoms with van der Waals surface area (Å²) >= 11 is 0. The Morgan fingerprint density at radius 1 is 1.43 bits per heavy atom. The van der Waals surface area contributed by atoms with Crippen LogP contribution in [0.15, 0.2) is 0 Å². The Morgan fingerprint density at radius 2 is 2.14 bits per heavy atom. The lowest BCUT2D eigenvalue weighted by Crippen LogP contribution is -1.86. The van der Waals surface area contributed by atoms with E-state index in [4.69, 9.17) is 4.74 Å². The zero-order valence-electron chi connectivity index (χ0n) is 5.11. The van der Waals surface area contributed by atoms with Gasteiger partial charge < -0.3 is 4.74 Å². The lowest BCUT2D eigenvalue weighted by molar-refractivity contribution is 0.195. The van der Waals surface area contributed by atoms with E-state index in [0.29, 0.717) is 0 Å². The molecule has 0 fully saturated rings. The Hall–Kier alpha value is -0.0400. The summed E-state index contributed by atoms with van der Waals surface area (Å²) < 4.78 is 5.01. The van der Waals surface area contributed by atoms with Crippen molar-refractivity contribution in [1.29, 1.82) is 0 Å². The molecule has 0 aromatic heterocycles. The van der Waals surface area contributed by atoms with E-state index in [9.17, 15) is 0 Å². The summed E-state index contributed by atoms with van der Waals surface area (Å²) in [6.07, 6.45) is 2.12. The maximum Gasteiger partial charge on any atom is 0.0833 e. The number of hydrogen-bond donors (Lipinski definition) is 0. The van der Waals surface area contributed by atoms with Crippen molar-refractivity contribution in [1.82, 2.24) is 0 Å². The summed E-state index contributed by atoms with van der Waals surface area (Å²) in [5.41, 5.74) is 0. The lowest BCUT2D eigenvalue weighted by atomic mass is 10.5. The average molecular weight is 101 g/mol. The molecule has 0 unspecified atom stereocenters. The minimum absolute atomic E-state index is 0.869. The van der Waals surface area contributed by atoms with Gasteiger partial charge in [-0.25, -0.2) is 0 Å². The van der Waals surface area contributed by atoms with Crippen LogP contribution in [0.1, 0.15) is 26.7 Å². The van der Waals surface area contributed by atoms with Crippen LogP contribution in [0.4, 0.5) is 0 Å². The Bertz CT molecular complexity index is 23.4. The van der Waals surface area contributed by atoms with Crippen LogP contribution in [0.5, 0.6) is 0 Å². The van der Waals surface area contributed by atoms with Gasteiger partial charge >= 0.3 is 0 Å². The van der Waals surface area contributed by atoms with E-state index in [1.54, 1.807) is 0 Å². The summed E-state index contributed by atoms with van der Waals surface area (Å²) in [4.78, 5) is 0. The SMILES string of the molecule is CC[CH]OCCC. The van der Waals surface area contributed by atoms with Gasteiger partial charge in [-0.3, -0.25) is 0 Å². The third-order valence-corrected chi connectivity index (χ3v) is 0.606. The fraction of sp³-hybridized carbons (Fsp3) is 0.833. The van der Waals surface area contributed by atoms with E-state index < -0.39 is 0 Å². The van der Waals surface area contributed by atoms with Crippen molar-refractivity contribution < 1.29 is 4.74 Å². The van der Waals surface area contributed by atoms with Crippen LogP contribution in [0, 0.1) is 6.61 Å². The van der Waals surface area contributed by atoms with Gasteiger partial charge in [0.15, 0.2) is 0 Å². The maximum atomic E-state index is 5.01. The fourth-order valence-electron chi connectivity index (χ4n) is 0.319. The van der Waals surface area contributed by atoms with Crippen LogP contribution in [-0.4, -0.2) is 6.61 Å². The zero-order valence-corrected chi connectivity index (χ0v) is 5.11. The molecule has 1 nitrogen and oxygen atoms in total. The molecule has 0 N–H and O–H groups in total. The number of hydrogen-bond acceptors (Lipinski definition) is 1. The molecule has 1 heteroatoms. The average Bonchev–Trinajstić information content (AvgIpc) is 1.69. The maximum absolute atomic E-state index is 5.01. The first-order chi connectivity index (χ1) is 3.41. The summed E-state index contributed by atoms with van der Waals surface area (Å²) in [5.74, 6) is 0. The van der Waals surface area contributed by atoms with Crippen molar-refractivity contribution in [3.05, 3.63) is 6.61 Å².